The van der Waals surface area contributed by atoms with Crippen LogP contribution in [0.2, 0.25) is 0 Å². The maximum Gasteiger partial charge on any atom is 0.337 e. The molecule has 0 radical (unpaired) electrons. The zero-order chi connectivity index (χ0) is 20.1. The minimum absolute atomic E-state index is 0.0612. The lowest BCUT2D eigenvalue weighted by atomic mass is 10.1. The van der Waals surface area contributed by atoms with Crippen LogP contribution in [0.3, 0.4) is 0 Å². The zero-order valence-corrected chi connectivity index (χ0v) is 16.3. The molecule has 28 heavy (non-hydrogen) atoms. The maximum absolute atomic E-state index is 12.1. The highest BCUT2D eigenvalue weighted by Crippen LogP contribution is 2.19. The molecule has 2 heterocycles. The third kappa shape index (κ3) is 4.69. The second kappa shape index (κ2) is 8.88. The number of anilines is 1. The highest BCUT2D eigenvalue weighted by atomic mass is 16.5. The number of carbonyl (C=O) groups is 3. The molecule has 1 saturated heterocycles. The van der Waals surface area contributed by atoms with Crippen molar-refractivity contribution in [3.8, 4) is 0 Å². The molecule has 150 valence electrons. The highest BCUT2D eigenvalue weighted by molar-refractivity contribution is 5.94. The number of nitrogens with one attached hydrogen (secondary N) is 2. The van der Waals surface area contributed by atoms with Crippen LogP contribution in [0.25, 0.3) is 0 Å². The Hall–Kier alpha value is -2.87. The largest absolute Gasteiger partial charge is 0.463 e. The van der Waals surface area contributed by atoms with Gasteiger partial charge in [0, 0.05) is 49.7 Å². The quantitative estimate of drug-likeness (QED) is 0.563. The van der Waals surface area contributed by atoms with Crippen molar-refractivity contribution in [1.29, 1.82) is 0 Å². The molecule has 0 aliphatic carbocycles. The Kier molecular flexibility index (Phi) is 6.30. The topological polar surface area (TPSA) is 91.0 Å². The number of amides is 2. The number of piperazine rings is 1. The number of esters is 1. The van der Waals surface area contributed by atoms with Gasteiger partial charge in [0.25, 0.3) is 0 Å². The fourth-order valence-corrected chi connectivity index (χ4v) is 3.38. The third-order valence-electron chi connectivity index (χ3n) is 4.97. The Balaban J connectivity index is 1.61. The first-order valence-electron chi connectivity index (χ1n) is 9.50. The van der Waals surface area contributed by atoms with Crippen molar-refractivity contribution in [1.82, 2.24) is 15.5 Å². The number of rotatable bonds is 6. The zero-order valence-electron chi connectivity index (χ0n) is 16.3. The molecule has 8 heteroatoms. The highest BCUT2D eigenvalue weighted by Gasteiger charge is 2.26. The lowest BCUT2D eigenvalue weighted by Crippen LogP contribution is -2.51. The van der Waals surface area contributed by atoms with Gasteiger partial charge in [0.05, 0.1) is 18.7 Å². The summed E-state index contributed by atoms with van der Waals surface area (Å²) in [5, 5.41) is 5.37. The number of hydrogen-bond acceptors (Lipinski definition) is 6. The summed E-state index contributed by atoms with van der Waals surface area (Å²) in [7, 11) is 0. The number of nitrogens with zero attached hydrogens (tertiary/aromatic N) is 2. The van der Waals surface area contributed by atoms with Gasteiger partial charge in [-0.2, -0.15) is 0 Å². The van der Waals surface area contributed by atoms with Gasteiger partial charge in [0.15, 0.2) is 5.78 Å². The van der Waals surface area contributed by atoms with E-state index in [1.54, 1.807) is 13.8 Å². The Morgan fingerprint density at radius 1 is 1.11 bits per heavy atom. The lowest BCUT2D eigenvalue weighted by molar-refractivity contribution is -0.138. The normalized spacial score (nSPS) is 17.8. The van der Waals surface area contributed by atoms with Crippen LogP contribution in [0.4, 0.5) is 10.5 Å². The molecule has 1 aromatic rings. The van der Waals surface area contributed by atoms with Crippen molar-refractivity contribution < 1.29 is 19.1 Å². The van der Waals surface area contributed by atoms with Crippen molar-refractivity contribution in [2.24, 2.45) is 0 Å². The van der Waals surface area contributed by atoms with Gasteiger partial charge in [0.1, 0.15) is 0 Å². The summed E-state index contributed by atoms with van der Waals surface area (Å²) in [5.41, 5.74) is 2.89. The molecule has 0 spiro atoms. The van der Waals surface area contributed by atoms with Crippen LogP contribution in [0.5, 0.6) is 0 Å². The number of ether oxygens (including phenoxy) is 1. The van der Waals surface area contributed by atoms with Crippen LogP contribution in [0.15, 0.2) is 35.5 Å². The Morgan fingerprint density at radius 3 is 2.39 bits per heavy atom. The van der Waals surface area contributed by atoms with E-state index in [-0.39, 0.29) is 18.4 Å². The second-order valence-corrected chi connectivity index (χ2v) is 6.85. The van der Waals surface area contributed by atoms with Crippen molar-refractivity contribution in [3.63, 3.8) is 0 Å². The number of carbonyl (C=O) groups excluding carboxylic acids is 3. The van der Waals surface area contributed by atoms with Gasteiger partial charge in [-0.15, -0.1) is 0 Å². The van der Waals surface area contributed by atoms with Crippen LogP contribution in [0, 0.1) is 0 Å². The number of Topliss-reactive ketones (excluding diaryl/α,β-unsaturated/α-hetero) is 1. The standard InChI is InChI=1S/C20H26N4O4/c1-3-28-19(26)17-12-21-20(27)22-18(17)13-23-8-10-24(11-9-23)16-6-4-15(5-7-16)14(2)25/h4-7H,3,8-13H2,1-2H3,(H2,21,22,27). The van der Waals surface area contributed by atoms with Crippen LogP contribution in [-0.4, -0.2) is 68.6 Å². The number of urea groups is 1. The minimum atomic E-state index is -0.394. The van der Waals surface area contributed by atoms with Crippen LogP contribution in [0.1, 0.15) is 24.2 Å². The van der Waals surface area contributed by atoms with Crippen LogP contribution >= 0.6 is 0 Å². The molecule has 0 unspecified atom stereocenters. The predicted molar refractivity (Wildman–Crippen MR) is 105 cm³/mol. The molecule has 1 fully saturated rings. The van der Waals surface area contributed by atoms with Crippen molar-refractivity contribution in [2.45, 2.75) is 13.8 Å². The molecular formula is C20H26N4O4. The number of ketones is 1. The average molecular weight is 386 g/mol. The average Bonchev–Trinajstić information content (AvgIpc) is 2.69. The molecule has 0 aromatic heterocycles. The van der Waals surface area contributed by atoms with Gasteiger partial charge in [-0.3, -0.25) is 9.69 Å². The fraction of sp³-hybridized carbons (Fsp3) is 0.450. The fourth-order valence-electron chi connectivity index (χ4n) is 3.38. The van der Waals surface area contributed by atoms with E-state index >= 15 is 0 Å². The smallest absolute Gasteiger partial charge is 0.337 e. The van der Waals surface area contributed by atoms with Gasteiger partial charge in [0.2, 0.25) is 0 Å². The number of hydrogen-bond donors (Lipinski definition) is 2. The van der Waals surface area contributed by atoms with Crippen molar-refractivity contribution in [2.75, 3.05) is 50.8 Å². The second-order valence-electron chi connectivity index (χ2n) is 6.85. The summed E-state index contributed by atoms with van der Waals surface area (Å²) in [6, 6.07) is 7.35. The lowest BCUT2D eigenvalue weighted by Gasteiger charge is -2.37. The number of benzene rings is 1. The van der Waals surface area contributed by atoms with E-state index < -0.39 is 5.97 Å². The van der Waals surface area contributed by atoms with E-state index in [4.69, 9.17) is 4.74 Å². The molecule has 3 rings (SSSR count). The SMILES string of the molecule is CCOC(=O)C1=C(CN2CCN(c3ccc(C(C)=O)cc3)CC2)NC(=O)NC1. The molecule has 2 aliphatic heterocycles. The van der Waals surface area contributed by atoms with Gasteiger partial charge < -0.3 is 20.3 Å². The predicted octanol–water partition coefficient (Wildman–Crippen LogP) is 1.14. The molecule has 2 N–H and O–H groups in total. The molecule has 2 aliphatic rings. The Bertz CT molecular complexity index is 780. The molecule has 1 aromatic carbocycles. The molecular weight excluding hydrogens is 360 g/mol. The van der Waals surface area contributed by atoms with E-state index in [9.17, 15) is 14.4 Å². The molecule has 0 bridgehead atoms. The summed E-state index contributed by atoms with van der Waals surface area (Å²) in [6.45, 7) is 7.56. The van der Waals surface area contributed by atoms with E-state index in [0.29, 0.717) is 30.0 Å². The first-order chi connectivity index (χ1) is 13.5. The van der Waals surface area contributed by atoms with Crippen LogP contribution < -0.4 is 15.5 Å². The summed E-state index contributed by atoms with van der Waals surface area (Å²) in [6.07, 6.45) is 0. The first kappa shape index (κ1) is 19.9. The van der Waals surface area contributed by atoms with E-state index in [0.717, 1.165) is 31.9 Å². The van der Waals surface area contributed by atoms with Crippen LogP contribution in [-0.2, 0) is 9.53 Å². The van der Waals surface area contributed by atoms with Gasteiger partial charge in [-0.05, 0) is 38.1 Å². The van der Waals surface area contributed by atoms with E-state index in [2.05, 4.69) is 20.4 Å². The van der Waals surface area contributed by atoms with E-state index in [1.165, 1.54) is 0 Å². The monoisotopic (exact) mass is 386 g/mol. The summed E-state index contributed by atoms with van der Waals surface area (Å²) in [4.78, 5) is 39.7. The van der Waals surface area contributed by atoms with Gasteiger partial charge in [-0.25, -0.2) is 9.59 Å². The van der Waals surface area contributed by atoms with Gasteiger partial charge in [-0.1, -0.05) is 0 Å². The third-order valence-corrected chi connectivity index (χ3v) is 4.97. The Morgan fingerprint density at radius 2 is 1.79 bits per heavy atom. The van der Waals surface area contributed by atoms with Crippen molar-refractivity contribution in [3.05, 3.63) is 41.1 Å². The minimum Gasteiger partial charge on any atom is -0.463 e. The molecule has 2 amide bonds. The van der Waals surface area contributed by atoms with E-state index in [1.807, 2.05) is 24.3 Å². The molecule has 8 nitrogen and oxygen atoms in total. The van der Waals surface area contributed by atoms with Gasteiger partial charge >= 0.3 is 12.0 Å². The summed E-state index contributed by atoms with van der Waals surface area (Å²) >= 11 is 0. The maximum atomic E-state index is 12.1. The van der Waals surface area contributed by atoms with Crippen molar-refractivity contribution >= 4 is 23.5 Å². The Labute approximate surface area is 164 Å². The molecule has 0 atom stereocenters. The first-order valence-corrected chi connectivity index (χ1v) is 9.50. The summed E-state index contributed by atoms with van der Waals surface area (Å²) in [5.74, 6) is -0.333. The molecule has 0 saturated carbocycles. The summed E-state index contributed by atoms with van der Waals surface area (Å²) < 4.78 is 5.10.